The Balaban J connectivity index is 1.47. The number of sulfonamides is 1. The van der Waals surface area contributed by atoms with Gasteiger partial charge in [0.05, 0.1) is 5.75 Å². The Bertz CT molecular complexity index is 944. The minimum atomic E-state index is -3.36. The van der Waals surface area contributed by atoms with Crippen molar-refractivity contribution in [2.45, 2.75) is 25.7 Å². The van der Waals surface area contributed by atoms with Crippen LogP contribution in [0.2, 0.25) is 0 Å². The molecule has 5 nitrogen and oxygen atoms in total. The van der Waals surface area contributed by atoms with Crippen LogP contribution in [0.1, 0.15) is 24.8 Å². The molecule has 2 aromatic rings. The van der Waals surface area contributed by atoms with Crippen molar-refractivity contribution in [2.24, 2.45) is 5.92 Å². The number of piperidine rings is 1. The van der Waals surface area contributed by atoms with Crippen LogP contribution in [0.3, 0.4) is 0 Å². The first-order valence-corrected chi connectivity index (χ1v) is 11.2. The zero-order valence-corrected chi connectivity index (χ0v) is 16.8. The van der Waals surface area contributed by atoms with Gasteiger partial charge in [-0.3, -0.25) is 4.79 Å². The largest absolute Gasteiger partial charge is 0.326 e. The number of amides is 1. The molecule has 0 unspecified atom stereocenters. The van der Waals surface area contributed by atoms with Gasteiger partial charge in [-0.15, -0.1) is 0 Å². The summed E-state index contributed by atoms with van der Waals surface area (Å²) in [7, 11) is -3.36. The van der Waals surface area contributed by atoms with Gasteiger partial charge >= 0.3 is 0 Å². The summed E-state index contributed by atoms with van der Waals surface area (Å²) in [6.45, 7) is 0.563. The molecule has 1 N–H and O–H groups in total. The molecule has 1 aliphatic rings. The van der Waals surface area contributed by atoms with Crippen molar-refractivity contribution in [3.8, 4) is 0 Å². The van der Waals surface area contributed by atoms with Crippen LogP contribution in [0.25, 0.3) is 0 Å². The van der Waals surface area contributed by atoms with Gasteiger partial charge in [-0.1, -0.05) is 30.3 Å². The highest BCUT2D eigenvalue weighted by Crippen LogP contribution is 2.23. The van der Waals surface area contributed by atoms with Crippen LogP contribution < -0.4 is 5.32 Å². The molecule has 1 aliphatic heterocycles. The normalized spacial score (nSPS) is 15.9. The molecule has 2 aromatic carbocycles. The number of anilines is 1. The molecule has 156 valence electrons. The number of hydrogen-bond donors (Lipinski definition) is 1. The third-order valence-corrected chi connectivity index (χ3v) is 7.07. The summed E-state index contributed by atoms with van der Waals surface area (Å²) in [5, 5.41) is 2.57. The van der Waals surface area contributed by atoms with E-state index in [0.29, 0.717) is 25.7 Å². The summed E-state index contributed by atoms with van der Waals surface area (Å²) in [5.41, 5.74) is 1.29. The summed E-state index contributed by atoms with van der Waals surface area (Å²) in [6.07, 6.45) is 2.04. The third kappa shape index (κ3) is 5.83. The summed E-state index contributed by atoms with van der Waals surface area (Å²) in [5.74, 6) is -2.60. The Labute approximate surface area is 169 Å². The van der Waals surface area contributed by atoms with Gasteiger partial charge in [-0.05, 0) is 43.4 Å². The van der Waals surface area contributed by atoms with Crippen molar-refractivity contribution in [1.29, 1.82) is 0 Å². The van der Waals surface area contributed by atoms with Crippen molar-refractivity contribution >= 4 is 21.6 Å². The molecule has 1 saturated heterocycles. The number of carbonyl (C=O) groups excluding carboxylic acids is 1. The Morgan fingerprint density at radius 2 is 1.72 bits per heavy atom. The maximum atomic E-state index is 13.3. The second kappa shape index (κ2) is 9.45. The number of nitrogens with zero attached hydrogens (tertiary/aromatic N) is 1. The number of benzene rings is 2. The average Bonchev–Trinajstić information content (AvgIpc) is 2.71. The molecule has 0 bridgehead atoms. The molecule has 3 rings (SSSR count). The van der Waals surface area contributed by atoms with Crippen LogP contribution in [0, 0.1) is 17.6 Å². The lowest BCUT2D eigenvalue weighted by atomic mass is 9.97. The lowest BCUT2D eigenvalue weighted by Gasteiger charge is -2.30. The van der Waals surface area contributed by atoms with E-state index >= 15 is 0 Å². The lowest BCUT2D eigenvalue weighted by Crippen LogP contribution is -2.42. The van der Waals surface area contributed by atoms with Crippen LogP contribution >= 0.6 is 0 Å². The van der Waals surface area contributed by atoms with Gasteiger partial charge in [0.2, 0.25) is 15.9 Å². The molecule has 1 amide bonds. The zero-order chi connectivity index (χ0) is 20.9. The molecule has 29 heavy (non-hydrogen) atoms. The SMILES string of the molecule is O=C(Nc1ccc(F)c(F)c1)C1CCN(S(=O)(=O)CCCc2ccccc2)CC1. The number of rotatable bonds is 7. The summed E-state index contributed by atoms with van der Waals surface area (Å²) >= 11 is 0. The summed E-state index contributed by atoms with van der Waals surface area (Å²) in [6, 6.07) is 12.9. The van der Waals surface area contributed by atoms with E-state index in [1.54, 1.807) is 0 Å². The maximum absolute atomic E-state index is 13.3. The minimum Gasteiger partial charge on any atom is -0.326 e. The Kier molecular flexibility index (Phi) is 6.97. The average molecular weight is 422 g/mol. The van der Waals surface area contributed by atoms with Gasteiger partial charge in [0, 0.05) is 30.8 Å². The molecule has 0 saturated carbocycles. The molecular formula is C21H24F2N2O3S. The van der Waals surface area contributed by atoms with Gasteiger partial charge in [0.25, 0.3) is 0 Å². The fraction of sp³-hybridized carbons (Fsp3) is 0.381. The number of aryl methyl sites for hydroxylation is 1. The third-order valence-electron chi connectivity index (χ3n) is 5.12. The van der Waals surface area contributed by atoms with E-state index in [0.717, 1.165) is 17.7 Å². The fourth-order valence-electron chi connectivity index (χ4n) is 3.45. The number of hydrogen-bond acceptors (Lipinski definition) is 3. The molecule has 0 aliphatic carbocycles. The van der Waals surface area contributed by atoms with Gasteiger partial charge in [0.1, 0.15) is 0 Å². The number of nitrogens with one attached hydrogen (secondary N) is 1. The van der Waals surface area contributed by atoms with E-state index < -0.39 is 21.7 Å². The van der Waals surface area contributed by atoms with E-state index in [2.05, 4.69) is 5.32 Å². The van der Waals surface area contributed by atoms with Crippen LogP contribution in [-0.2, 0) is 21.2 Å². The molecular weight excluding hydrogens is 398 g/mol. The maximum Gasteiger partial charge on any atom is 0.227 e. The van der Waals surface area contributed by atoms with Gasteiger partial charge in [-0.2, -0.15) is 0 Å². The number of carbonyl (C=O) groups is 1. The predicted octanol–water partition coefficient (Wildman–Crippen LogP) is 3.58. The molecule has 0 atom stereocenters. The van der Waals surface area contributed by atoms with Crippen molar-refractivity contribution in [3.05, 3.63) is 65.7 Å². The molecule has 0 radical (unpaired) electrons. The molecule has 1 fully saturated rings. The van der Waals surface area contributed by atoms with Crippen LogP contribution in [0.4, 0.5) is 14.5 Å². The van der Waals surface area contributed by atoms with Crippen LogP contribution in [-0.4, -0.2) is 37.5 Å². The molecule has 1 heterocycles. The quantitative estimate of drug-likeness (QED) is 0.742. The van der Waals surface area contributed by atoms with Crippen LogP contribution in [0.5, 0.6) is 0 Å². The topological polar surface area (TPSA) is 66.5 Å². The Morgan fingerprint density at radius 1 is 1.03 bits per heavy atom. The van der Waals surface area contributed by atoms with E-state index in [4.69, 9.17) is 0 Å². The molecule has 0 spiro atoms. The van der Waals surface area contributed by atoms with E-state index in [9.17, 15) is 22.0 Å². The van der Waals surface area contributed by atoms with Crippen molar-refractivity contribution in [3.63, 3.8) is 0 Å². The predicted molar refractivity (Wildman–Crippen MR) is 108 cm³/mol. The molecule has 8 heteroatoms. The number of halogens is 2. The van der Waals surface area contributed by atoms with Crippen molar-refractivity contribution in [2.75, 3.05) is 24.2 Å². The molecule has 0 aromatic heterocycles. The zero-order valence-electron chi connectivity index (χ0n) is 16.0. The fourth-order valence-corrected chi connectivity index (χ4v) is 4.98. The monoisotopic (exact) mass is 422 g/mol. The first kappa shape index (κ1) is 21.4. The van der Waals surface area contributed by atoms with E-state index in [1.807, 2.05) is 30.3 Å². The summed E-state index contributed by atoms with van der Waals surface area (Å²) < 4.78 is 52.8. The minimum absolute atomic E-state index is 0.0770. The van der Waals surface area contributed by atoms with Gasteiger partial charge in [-0.25, -0.2) is 21.5 Å². The smallest absolute Gasteiger partial charge is 0.227 e. The first-order chi connectivity index (χ1) is 13.8. The van der Waals surface area contributed by atoms with Crippen molar-refractivity contribution < 1.29 is 22.0 Å². The Morgan fingerprint density at radius 3 is 2.38 bits per heavy atom. The lowest BCUT2D eigenvalue weighted by molar-refractivity contribution is -0.120. The van der Waals surface area contributed by atoms with E-state index in [1.165, 1.54) is 10.4 Å². The van der Waals surface area contributed by atoms with Gasteiger partial charge in [0.15, 0.2) is 11.6 Å². The second-order valence-electron chi connectivity index (χ2n) is 7.20. The van der Waals surface area contributed by atoms with Crippen molar-refractivity contribution in [1.82, 2.24) is 4.31 Å². The highest BCUT2D eigenvalue weighted by Gasteiger charge is 2.30. The first-order valence-electron chi connectivity index (χ1n) is 9.63. The summed E-state index contributed by atoms with van der Waals surface area (Å²) in [4.78, 5) is 12.4. The highest BCUT2D eigenvalue weighted by atomic mass is 32.2. The Hall–Kier alpha value is -2.32. The standard InChI is InChI=1S/C21H24F2N2O3S/c22-19-9-8-18(15-20(19)23)24-21(26)17-10-12-25(13-11-17)29(27,28)14-4-7-16-5-2-1-3-6-16/h1-3,5-6,8-9,15,17H,4,7,10-14H2,(H,24,26). The second-order valence-corrected chi connectivity index (χ2v) is 9.29. The van der Waals surface area contributed by atoms with E-state index in [-0.39, 0.29) is 36.4 Å². The van der Waals surface area contributed by atoms with Crippen LogP contribution in [0.15, 0.2) is 48.5 Å². The highest BCUT2D eigenvalue weighted by molar-refractivity contribution is 7.89. The van der Waals surface area contributed by atoms with Gasteiger partial charge < -0.3 is 5.32 Å².